The molecule has 84 valence electrons. The minimum atomic E-state index is 0.282. The van der Waals surface area contributed by atoms with Gasteiger partial charge in [0, 0.05) is 12.1 Å². The Hall–Kier alpha value is -0.860. The summed E-state index contributed by atoms with van der Waals surface area (Å²) in [5.74, 6) is 0. The van der Waals surface area contributed by atoms with Crippen LogP contribution in [0.5, 0.6) is 0 Å². The lowest BCUT2D eigenvalue weighted by molar-refractivity contribution is 0.480. The molecule has 0 bridgehead atoms. The lowest BCUT2D eigenvalue weighted by Gasteiger charge is -2.15. The predicted molar refractivity (Wildman–Crippen MR) is 65.9 cm³/mol. The van der Waals surface area contributed by atoms with E-state index in [0.717, 1.165) is 19.4 Å². The highest BCUT2D eigenvalue weighted by atomic mass is 14.9. The zero-order valence-corrected chi connectivity index (χ0v) is 9.74. The minimum absolute atomic E-state index is 0.282. The van der Waals surface area contributed by atoms with Crippen molar-refractivity contribution >= 4 is 0 Å². The second-order valence-electron chi connectivity index (χ2n) is 4.30. The van der Waals surface area contributed by atoms with Gasteiger partial charge in [0.25, 0.3) is 0 Å². The summed E-state index contributed by atoms with van der Waals surface area (Å²) >= 11 is 0. The van der Waals surface area contributed by atoms with Crippen LogP contribution in [0.4, 0.5) is 0 Å². The average molecular weight is 206 g/mol. The summed E-state index contributed by atoms with van der Waals surface area (Å²) in [4.78, 5) is 0. The molecule has 0 saturated heterocycles. The van der Waals surface area contributed by atoms with Gasteiger partial charge in [-0.1, -0.05) is 30.3 Å². The molecule has 0 fully saturated rings. The number of benzene rings is 1. The molecule has 0 amide bonds. The van der Waals surface area contributed by atoms with Crippen LogP contribution in [0.1, 0.15) is 25.8 Å². The molecule has 0 aliphatic rings. The van der Waals surface area contributed by atoms with Gasteiger partial charge in [0.1, 0.15) is 0 Å². The highest BCUT2D eigenvalue weighted by Crippen LogP contribution is 1.99. The Kier molecular flexibility index (Phi) is 5.37. The fourth-order valence-electron chi connectivity index (χ4n) is 1.75. The molecule has 1 rings (SSSR count). The van der Waals surface area contributed by atoms with Crippen LogP contribution in [0.2, 0.25) is 0 Å². The van der Waals surface area contributed by atoms with E-state index in [1.807, 2.05) is 0 Å². The van der Waals surface area contributed by atoms with E-state index in [1.165, 1.54) is 5.56 Å². The smallest absolute Gasteiger partial charge is 0.00534 e. The first-order chi connectivity index (χ1) is 7.18. The van der Waals surface area contributed by atoms with Crippen LogP contribution < -0.4 is 11.1 Å². The van der Waals surface area contributed by atoms with Crippen LogP contribution in [0.15, 0.2) is 30.3 Å². The molecule has 2 nitrogen and oxygen atoms in total. The molecule has 0 heterocycles. The van der Waals surface area contributed by atoms with E-state index in [2.05, 4.69) is 49.5 Å². The topological polar surface area (TPSA) is 38.0 Å². The quantitative estimate of drug-likeness (QED) is 0.746. The van der Waals surface area contributed by atoms with E-state index in [0.29, 0.717) is 6.04 Å². The van der Waals surface area contributed by atoms with Gasteiger partial charge >= 0.3 is 0 Å². The molecule has 0 aliphatic carbocycles. The first-order valence-corrected chi connectivity index (χ1v) is 5.71. The Morgan fingerprint density at radius 2 is 1.87 bits per heavy atom. The van der Waals surface area contributed by atoms with E-state index in [1.54, 1.807) is 0 Å². The number of rotatable bonds is 6. The monoisotopic (exact) mass is 206 g/mol. The van der Waals surface area contributed by atoms with Gasteiger partial charge in [-0.05, 0) is 38.8 Å². The van der Waals surface area contributed by atoms with Crippen molar-refractivity contribution in [1.82, 2.24) is 5.32 Å². The molecule has 0 saturated carbocycles. The third-order valence-electron chi connectivity index (χ3n) is 2.47. The Morgan fingerprint density at radius 3 is 2.47 bits per heavy atom. The van der Waals surface area contributed by atoms with Crippen LogP contribution in [0, 0.1) is 0 Å². The van der Waals surface area contributed by atoms with Crippen molar-refractivity contribution in [3.8, 4) is 0 Å². The summed E-state index contributed by atoms with van der Waals surface area (Å²) < 4.78 is 0. The molecule has 2 heteroatoms. The van der Waals surface area contributed by atoms with Gasteiger partial charge in [-0.25, -0.2) is 0 Å². The molecule has 0 spiro atoms. The standard InChI is InChI=1S/C13H22N2/c1-11(14)10-12(2)15-9-8-13-6-4-3-5-7-13/h3-7,11-12,15H,8-10,14H2,1-2H3. The summed E-state index contributed by atoms with van der Waals surface area (Å²) in [5, 5.41) is 3.48. The predicted octanol–water partition coefficient (Wildman–Crippen LogP) is 1.94. The lowest BCUT2D eigenvalue weighted by atomic mass is 10.1. The maximum absolute atomic E-state index is 5.74. The minimum Gasteiger partial charge on any atom is -0.328 e. The second-order valence-corrected chi connectivity index (χ2v) is 4.30. The molecule has 15 heavy (non-hydrogen) atoms. The van der Waals surface area contributed by atoms with Crippen molar-refractivity contribution in [3.63, 3.8) is 0 Å². The number of nitrogens with one attached hydrogen (secondary N) is 1. The SMILES string of the molecule is CC(N)CC(C)NCCc1ccccc1. The zero-order chi connectivity index (χ0) is 11.1. The van der Waals surface area contributed by atoms with E-state index in [-0.39, 0.29) is 6.04 Å². The fraction of sp³-hybridized carbons (Fsp3) is 0.538. The zero-order valence-electron chi connectivity index (χ0n) is 9.74. The van der Waals surface area contributed by atoms with Gasteiger partial charge in [0.05, 0.1) is 0 Å². The van der Waals surface area contributed by atoms with E-state index >= 15 is 0 Å². The first kappa shape index (κ1) is 12.2. The van der Waals surface area contributed by atoms with Gasteiger partial charge in [-0.15, -0.1) is 0 Å². The molecule has 1 aromatic carbocycles. The third kappa shape index (κ3) is 5.55. The van der Waals surface area contributed by atoms with Crippen molar-refractivity contribution in [2.24, 2.45) is 5.73 Å². The van der Waals surface area contributed by atoms with E-state index < -0.39 is 0 Å². The average Bonchev–Trinajstić information content (AvgIpc) is 2.18. The normalized spacial score (nSPS) is 14.9. The highest BCUT2D eigenvalue weighted by Gasteiger charge is 2.03. The van der Waals surface area contributed by atoms with Crippen LogP contribution in [0.25, 0.3) is 0 Å². The van der Waals surface area contributed by atoms with Crippen molar-refractivity contribution in [2.45, 2.75) is 38.8 Å². The fourth-order valence-corrected chi connectivity index (χ4v) is 1.75. The molecular weight excluding hydrogens is 184 g/mol. The number of hydrogen-bond acceptors (Lipinski definition) is 2. The van der Waals surface area contributed by atoms with Crippen LogP contribution in [0.3, 0.4) is 0 Å². The summed E-state index contributed by atoms with van der Waals surface area (Å²) in [5.41, 5.74) is 7.12. The Bertz CT molecular complexity index is 256. The second kappa shape index (κ2) is 6.59. The van der Waals surface area contributed by atoms with Crippen molar-refractivity contribution in [1.29, 1.82) is 0 Å². The molecule has 1 aromatic rings. The first-order valence-electron chi connectivity index (χ1n) is 5.71. The molecule has 0 radical (unpaired) electrons. The summed E-state index contributed by atoms with van der Waals surface area (Å²) in [6, 6.07) is 11.3. The maximum Gasteiger partial charge on any atom is 0.00534 e. The maximum atomic E-state index is 5.74. The lowest BCUT2D eigenvalue weighted by Crippen LogP contribution is -2.33. The molecule has 3 N–H and O–H groups in total. The van der Waals surface area contributed by atoms with Gasteiger partial charge in [-0.3, -0.25) is 0 Å². The van der Waals surface area contributed by atoms with Crippen molar-refractivity contribution in [2.75, 3.05) is 6.54 Å². The van der Waals surface area contributed by atoms with Gasteiger partial charge in [0.15, 0.2) is 0 Å². The Balaban J connectivity index is 2.16. The van der Waals surface area contributed by atoms with Gasteiger partial charge in [0.2, 0.25) is 0 Å². The summed E-state index contributed by atoms with van der Waals surface area (Å²) in [7, 11) is 0. The van der Waals surface area contributed by atoms with Crippen LogP contribution in [-0.2, 0) is 6.42 Å². The number of nitrogens with two attached hydrogens (primary N) is 1. The summed E-state index contributed by atoms with van der Waals surface area (Å²) in [6.45, 7) is 5.27. The third-order valence-corrected chi connectivity index (χ3v) is 2.47. The van der Waals surface area contributed by atoms with E-state index in [9.17, 15) is 0 Å². The molecular formula is C13H22N2. The van der Waals surface area contributed by atoms with Crippen molar-refractivity contribution < 1.29 is 0 Å². The molecule has 0 aromatic heterocycles. The molecule has 2 unspecified atom stereocenters. The molecule has 0 aliphatic heterocycles. The Labute approximate surface area is 92.9 Å². The van der Waals surface area contributed by atoms with Gasteiger partial charge < -0.3 is 11.1 Å². The summed E-state index contributed by atoms with van der Waals surface area (Å²) in [6.07, 6.45) is 2.12. The van der Waals surface area contributed by atoms with Gasteiger partial charge in [-0.2, -0.15) is 0 Å². The van der Waals surface area contributed by atoms with Crippen LogP contribution >= 0.6 is 0 Å². The highest BCUT2D eigenvalue weighted by molar-refractivity contribution is 5.14. The number of hydrogen-bond donors (Lipinski definition) is 2. The molecule has 2 atom stereocenters. The van der Waals surface area contributed by atoms with Crippen molar-refractivity contribution in [3.05, 3.63) is 35.9 Å². The largest absolute Gasteiger partial charge is 0.328 e. The van der Waals surface area contributed by atoms with Crippen LogP contribution in [-0.4, -0.2) is 18.6 Å². The van der Waals surface area contributed by atoms with E-state index in [4.69, 9.17) is 5.73 Å². The Morgan fingerprint density at radius 1 is 1.20 bits per heavy atom.